The van der Waals surface area contributed by atoms with Gasteiger partial charge in [0.1, 0.15) is 17.4 Å². The van der Waals surface area contributed by atoms with Crippen LogP contribution in [0.15, 0.2) is 30.3 Å². The maximum atomic E-state index is 13.9. The van der Waals surface area contributed by atoms with Gasteiger partial charge in [-0.15, -0.1) is 0 Å². The third-order valence-electron chi connectivity index (χ3n) is 3.45. The monoisotopic (exact) mass is 295 g/mol. The lowest BCUT2D eigenvalue weighted by Gasteiger charge is -2.17. The van der Waals surface area contributed by atoms with Crippen molar-refractivity contribution < 1.29 is 13.5 Å². The molecule has 1 heterocycles. The lowest BCUT2D eigenvalue weighted by molar-refractivity contribution is 0.352. The molecule has 0 aliphatic carbocycles. The zero-order valence-electron chi connectivity index (χ0n) is 10.5. The van der Waals surface area contributed by atoms with Crippen LogP contribution in [-0.4, -0.2) is 6.61 Å². The summed E-state index contributed by atoms with van der Waals surface area (Å²) in [5.74, 6) is -0.638. The molecule has 2 N–H and O–H groups in total. The summed E-state index contributed by atoms with van der Waals surface area (Å²) >= 11 is 5.55. The van der Waals surface area contributed by atoms with Gasteiger partial charge in [-0.3, -0.25) is 0 Å². The van der Waals surface area contributed by atoms with Gasteiger partial charge in [0.25, 0.3) is 0 Å². The minimum atomic E-state index is -0.796. The number of benzene rings is 2. The molecule has 0 saturated carbocycles. The molecule has 0 radical (unpaired) electrons. The first-order valence-electron chi connectivity index (χ1n) is 6.22. The zero-order chi connectivity index (χ0) is 14.3. The molecule has 2 nitrogen and oxygen atoms in total. The van der Waals surface area contributed by atoms with Crippen LogP contribution in [0.4, 0.5) is 8.78 Å². The van der Waals surface area contributed by atoms with E-state index in [1.807, 2.05) is 12.1 Å². The Kier molecular flexibility index (Phi) is 3.36. The maximum Gasteiger partial charge on any atom is 0.142 e. The highest BCUT2D eigenvalue weighted by atomic mass is 35.5. The fraction of sp³-hybridized carbons (Fsp3) is 0.200. The number of hydrogen-bond donors (Lipinski definition) is 1. The fourth-order valence-corrected chi connectivity index (χ4v) is 2.58. The van der Waals surface area contributed by atoms with Gasteiger partial charge in [0, 0.05) is 17.5 Å². The second-order valence-electron chi connectivity index (χ2n) is 4.70. The molecular weight excluding hydrogens is 284 g/mol. The molecule has 2 aromatic rings. The summed E-state index contributed by atoms with van der Waals surface area (Å²) in [5, 5.41) is -0.256. The summed E-state index contributed by atoms with van der Waals surface area (Å²) in [5.41, 5.74) is 7.83. The van der Waals surface area contributed by atoms with Gasteiger partial charge in [-0.25, -0.2) is 8.78 Å². The summed E-state index contributed by atoms with van der Waals surface area (Å²) in [6.45, 7) is 0.580. The molecule has 1 aliphatic rings. The summed E-state index contributed by atoms with van der Waals surface area (Å²) < 4.78 is 33.0. The molecule has 5 heteroatoms. The molecule has 1 atom stereocenters. The van der Waals surface area contributed by atoms with Gasteiger partial charge in [0.2, 0.25) is 0 Å². The Morgan fingerprint density at radius 3 is 2.75 bits per heavy atom. The fourth-order valence-electron chi connectivity index (χ4n) is 2.43. The predicted molar refractivity (Wildman–Crippen MR) is 73.0 cm³/mol. The van der Waals surface area contributed by atoms with Crippen molar-refractivity contribution in [3.63, 3.8) is 0 Å². The van der Waals surface area contributed by atoms with Gasteiger partial charge in [-0.2, -0.15) is 0 Å². The first-order valence-corrected chi connectivity index (χ1v) is 6.60. The van der Waals surface area contributed by atoms with Gasteiger partial charge in [0.15, 0.2) is 0 Å². The number of rotatable bonds is 2. The molecule has 0 spiro atoms. The Morgan fingerprint density at radius 2 is 1.95 bits per heavy atom. The normalized spacial score (nSPS) is 14.8. The van der Waals surface area contributed by atoms with Crippen LogP contribution in [0.2, 0.25) is 5.02 Å². The Balaban J connectivity index is 2.08. The van der Waals surface area contributed by atoms with E-state index in [-0.39, 0.29) is 10.6 Å². The molecule has 0 fully saturated rings. The topological polar surface area (TPSA) is 35.2 Å². The van der Waals surface area contributed by atoms with E-state index in [0.717, 1.165) is 24.1 Å². The van der Waals surface area contributed by atoms with Gasteiger partial charge >= 0.3 is 0 Å². The van der Waals surface area contributed by atoms with Crippen molar-refractivity contribution in [2.45, 2.75) is 12.5 Å². The predicted octanol–water partition coefficient (Wildman–Crippen LogP) is 3.60. The lowest BCUT2D eigenvalue weighted by Crippen LogP contribution is -2.15. The van der Waals surface area contributed by atoms with Gasteiger partial charge in [-0.1, -0.05) is 29.8 Å². The average molecular weight is 296 g/mol. The summed E-state index contributed by atoms with van der Waals surface area (Å²) in [6.07, 6.45) is 0.799. The van der Waals surface area contributed by atoms with Crippen LogP contribution < -0.4 is 10.5 Å². The highest BCUT2D eigenvalue weighted by molar-refractivity contribution is 6.30. The molecule has 0 amide bonds. The van der Waals surface area contributed by atoms with E-state index >= 15 is 0 Å². The molecule has 104 valence electrons. The van der Waals surface area contributed by atoms with Crippen LogP contribution >= 0.6 is 11.6 Å². The van der Waals surface area contributed by atoms with E-state index in [0.29, 0.717) is 17.9 Å². The minimum absolute atomic E-state index is 0.0656. The van der Waals surface area contributed by atoms with Crippen molar-refractivity contribution in [3.8, 4) is 5.75 Å². The summed E-state index contributed by atoms with van der Waals surface area (Å²) in [7, 11) is 0. The Hall–Kier alpha value is -1.65. The Bertz CT molecular complexity index is 675. The molecule has 1 unspecified atom stereocenters. The summed E-state index contributed by atoms with van der Waals surface area (Å²) in [6, 6.07) is 6.73. The van der Waals surface area contributed by atoms with Crippen molar-refractivity contribution in [2.24, 2.45) is 5.73 Å². The largest absolute Gasteiger partial charge is 0.493 e. The minimum Gasteiger partial charge on any atom is -0.493 e. The highest BCUT2D eigenvalue weighted by Gasteiger charge is 2.23. The quantitative estimate of drug-likeness (QED) is 0.859. The molecule has 0 bridgehead atoms. The molecular formula is C15H12ClF2NO. The van der Waals surface area contributed by atoms with Gasteiger partial charge in [-0.05, 0) is 17.7 Å². The van der Waals surface area contributed by atoms with Crippen LogP contribution in [0.25, 0.3) is 0 Å². The number of hydrogen-bond acceptors (Lipinski definition) is 2. The molecule has 0 saturated heterocycles. The number of nitrogens with two attached hydrogens (primary N) is 1. The van der Waals surface area contributed by atoms with Crippen LogP contribution in [0.3, 0.4) is 0 Å². The van der Waals surface area contributed by atoms with Gasteiger partial charge in [0.05, 0.1) is 17.7 Å². The van der Waals surface area contributed by atoms with Crippen molar-refractivity contribution >= 4 is 11.6 Å². The van der Waals surface area contributed by atoms with Crippen LogP contribution in [0.5, 0.6) is 5.75 Å². The zero-order valence-corrected chi connectivity index (χ0v) is 11.3. The number of para-hydroxylation sites is 1. The second kappa shape index (κ2) is 5.04. The molecule has 2 aromatic carbocycles. The number of fused-ring (bicyclic) bond motifs is 1. The first kappa shape index (κ1) is 13.3. The van der Waals surface area contributed by atoms with Crippen molar-refractivity contribution in [1.82, 2.24) is 0 Å². The third-order valence-corrected chi connectivity index (χ3v) is 3.74. The van der Waals surface area contributed by atoms with Crippen LogP contribution in [0, 0.1) is 11.6 Å². The number of ether oxygens (including phenoxy) is 1. The van der Waals surface area contributed by atoms with Gasteiger partial charge < -0.3 is 10.5 Å². The lowest BCUT2D eigenvalue weighted by atomic mass is 9.96. The Labute approximate surface area is 120 Å². The van der Waals surface area contributed by atoms with E-state index in [4.69, 9.17) is 22.1 Å². The average Bonchev–Trinajstić information content (AvgIpc) is 2.90. The molecule has 1 aliphatic heterocycles. The standard InChI is InChI=1S/C15H12ClF2NO/c16-11-7-12(17)10(6-13(11)18)14(19)9-3-1-2-8-4-5-20-15(8)9/h1-3,6-7,14H,4-5,19H2. The van der Waals surface area contributed by atoms with Crippen molar-refractivity contribution in [1.29, 1.82) is 0 Å². The van der Waals surface area contributed by atoms with E-state index < -0.39 is 17.7 Å². The van der Waals surface area contributed by atoms with Crippen molar-refractivity contribution in [3.05, 3.63) is 63.7 Å². The smallest absolute Gasteiger partial charge is 0.142 e. The van der Waals surface area contributed by atoms with E-state index in [1.54, 1.807) is 6.07 Å². The number of halogens is 3. The molecule has 3 rings (SSSR count). The molecule has 20 heavy (non-hydrogen) atoms. The van der Waals surface area contributed by atoms with E-state index in [2.05, 4.69) is 0 Å². The molecule has 0 aromatic heterocycles. The summed E-state index contributed by atoms with van der Waals surface area (Å²) in [4.78, 5) is 0. The van der Waals surface area contributed by atoms with Crippen molar-refractivity contribution in [2.75, 3.05) is 6.61 Å². The second-order valence-corrected chi connectivity index (χ2v) is 5.11. The van der Waals surface area contributed by atoms with E-state index in [9.17, 15) is 8.78 Å². The first-order chi connectivity index (χ1) is 9.58. The van der Waals surface area contributed by atoms with Crippen LogP contribution in [0.1, 0.15) is 22.7 Å². The van der Waals surface area contributed by atoms with Crippen LogP contribution in [-0.2, 0) is 6.42 Å². The third kappa shape index (κ3) is 2.15. The highest BCUT2D eigenvalue weighted by Crippen LogP contribution is 2.36. The van der Waals surface area contributed by atoms with E-state index in [1.165, 1.54) is 0 Å². The SMILES string of the molecule is NC(c1cc(F)c(Cl)cc1F)c1cccc2c1OCC2. The Morgan fingerprint density at radius 1 is 1.15 bits per heavy atom. The maximum absolute atomic E-state index is 13.9.